The van der Waals surface area contributed by atoms with Crippen LogP contribution in [0.25, 0.3) is 0 Å². The van der Waals surface area contributed by atoms with Crippen LogP contribution in [-0.2, 0) is 4.79 Å². The van der Waals surface area contributed by atoms with Crippen LogP contribution in [0.15, 0.2) is 9.64 Å². The molecule has 0 aromatic carbocycles. The highest BCUT2D eigenvalue weighted by Crippen LogP contribution is 2.14. The van der Waals surface area contributed by atoms with Crippen LogP contribution >= 0.6 is 11.8 Å². The second kappa shape index (κ2) is 3.38. The molecular formula is C5H6N3O2S. The van der Waals surface area contributed by atoms with Gasteiger partial charge in [-0.2, -0.15) is 0 Å². The quantitative estimate of drug-likeness (QED) is 0.612. The van der Waals surface area contributed by atoms with Gasteiger partial charge >= 0.3 is 0 Å². The van der Waals surface area contributed by atoms with Gasteiger partial charge in [0.25, 0.3) is 5.22 Å². The Morgan fingerprint density at radius 3 is 2.91 bits per heavy atom. The van der Waals surface area contributed by atoms with Gasteiger partial charge in [-0.05, 0) is 0 Å². The molecule has 1 aromatic heterocycles. The molecule has 6 heteroatoms. The molecule has 0 unspecified atom stereocenters. The highest BCUT2D eigenvalue weighted by atomic mass is 32.2. The number of amides is 1. The monoisotopic (exact) mass is 172 g/mol. The number of carbonyl (C=O) groups excluding carboxylic acids is 1. The van der Waals surface area contributed by atoms with Gasteiger partial charge in [-0.3, -0.25) is 10.5 Å². The Balaban J connectivity index is 2.45. The summed E-state index contributed by atoms with van der Waals surface area (Å²) >= 11 is 1.07. The van der Waals surface area contributed by atoms with Gasteiger partial charge in [0.05, 0.1) is 5.75 Å². The van der Waals surface area contributed by atoms with Gasteiger partial charge in [-0.15, -0.1) is 10.2 Å². The third-order valence-corrected chi connectivity index (χ3v) is 1.65. The third-order valence-electron chi connectivity index (χ3n) is 0.834. The Labute approximate surface area is 67.4 Å². The molecule has 59 valence electrons. The van der Waals surface area contributed by atoms with Gasteiger partial charge in [-0.1, -0.05) is 11.8 Å². The van der Waals surface area contributed by atoms with Crippen LogP contribution in [-0.4, -0.2) is 21.9 Å². The van der Waals surface area contributed by atoms with Crippen LogP contribution < -0.4 is 5.73 Å². The summed E-state index contributed by atoms with van der Waals surface area (Å²) < 4.78 is 4.94. The number of nitrogens with one attached hydrogen (secondary N) is 1. The molecule has 1 amide bonds. The van der Waals surface area contributed by atoms with Gasteiger partial charge in [0.15, 0.2) is 0 Å². The van der Waals surface area contributed by atoms with Crippen molar-refractivity contribution in [3.63, 3.8) is 0 Å². The summed E-state index contributed by atoms with van der Waals surface area (Å²) in [7, 11) is 0. The van der Waals surface area contributed by atoms with Crippen molar-refractivity contribution < 1.29 is 9.21 Å². The lowest BCUT2D eigenvalue weighted by atomic mass is 10.8. The zero-order chi connectivity index (χ0) is 8.27. The number of aryl methyl sites for hydroxylation is 1. The molecule has 0 spiro atoms. The van der Waals surface area contributed by atoms with Crippen molar-refractivity contribution in [2.45, 2.75) is 12.1 Å². The summed E-state index contributed by atoms with van der Waals surface area (Å²) in [6.45, 7) is 1.67. The maximum Gasteiger partial charge on any atom is 0.277 e. The SMILES string of the molecule is Cc1nnc(SCC([NH])=O)o1. The zero-order valence-corrected chi connectivity index (χ0v) is 6.64. The molecule has 1 rings (SSSR count). The van der Waals surface area contributed by atoms with Crippen LogP contribution in [0.5, 0.6) is 0 Å². The first-order valence-corrected chi connectivity index (χ1v) is 3.84. The van der Waals surface area contributed by atoms with Crippen molar-refractivity contribution in [1.29, 1.82) is 0 Å². The van der Waals surface area contributed by atoms with Gasteiger partial charge < -0.3 is 4.42 Å². The van der Waals surface area contributed by atoms with Crippen molar-refractivity contribution in [2.24, 2.45) is 0 Å². The van der Waals surface area contributed by atoms with E-state index in [0.29, 0.717) is 11.1 Å². The Bertz CT molecular complexity index is 260. The Morgan fingerprint density at radius 1 is 1.73 bits per heavy atom. The summed E-state index contributed by atoms with van der Waals surface area (Å²) in [5.41, 5.74) is 6.58. The molecule has 0 atom stereocenters. The van der Waals surface area contributed by atoms with E-state index in [1.807, 2.05) is 0 Å². The van der Waals surface area contributed by atoms with E-state index >= 15 is 0 Å². The molecule has 0 aliphatic carbocycles. The van der Waals surface area contributed by atoms with Crippen LogP contribution in [0.3, 0.4) is 0 Å². The van der Waals surface area contributed by atoms with Crippen molar-refractivity contribution in [2.75, 3.05) is 5.75 Å². The number of hydrogen-bond donors (Lipinski definition) is 0. The highest BCUT2D eigenvalue weighted by Gasteiger charge is 2.04. The second-order valence-corrected chi connectivity index (χ2v) is 2.73. The number of hydrogen-bond acceptors (Lipinski definition) is 5. The molecule has 0 aliphatic rings. The van der Waals surface area contributed by atoms with E-state index < -0.39 is 5.91 Å². The fraction of sp³-hybridized carbons (Fsp3) is 0.400. The summed E-state index contributed by atoms with van der Waals surface area (Å²) in [6, 6.07) is 0. The van der Waals surface area contributed by atoms with Crippen LogP contribution in [0, 0.1) is 6.92 Å². The Morgan fingerprint density at radius 2 is 2.45 bits per heavy atom. The van der Waals surface area contributed by atoms with Crippen LogP contribution in [0.2, 0.25) is 0 Å². The van der Waals surface area contributed by atoms with Crippen molar-refractivity contribution in [3.05, 3.63) is 5.89 Å². The van der Waals surface area contributed by atoms with E-state index in [1.165, 1.54) is 0 Å². The Kier molecular flexibility index (Phi) is 2.48. The molecule has 0 fully saturated rings. The first-order chi connectivity index (χ1) is 5.18. The summed E-state index contributed by atoms with van der Waals surface area (Å²) in [5.74, 6) is -0.127. The van der Waals surface area contributed by atoms with E-state index in [1.54, 1.807) is 6.92 Å². The maximum atomic E-state index is 10.2. The zero-order valence-electron chi connectivity index (χ0n) is 5.83. The normalized spacial score (nSPS) is 9.91. The minimum atomic E-state index is -0.647. The topological polar surface area (TPSA) is 79.8 Å². The smallest absolute Gasteiger partial charge is 0.277 e. The molecule has 1 N–H and O–H groups in total. The largest absolute Gasteiger partial charge is 0.416 e. The van der Waals surface area contributed by atoms with E-state index in [2.05, 4.69) is 10.2 Å². The van der Waals surface area contributed by atoms with E-state index in [0.717, 1.165) is 11.8 Å². The van der Waals surface area contributed by atoms with Gasteiger partial charge in [0.2, 0.25) is 11.8 Å². The predicted molar refractivity (Wildman–Crippen MR) is 37.9 cm³/mol. The van der Waals surface area contributed by atoms with E-state index in [-0.39, 0.29) is 5.75 Å². The minimum absolute atomic E-state index is 0.0572. The fourth-order valence-electron chi connectivity index (χ4n) is 0.464. The molecule has 1 aromatic rings. The molecule has 1 heterocycles. The lowest BCUT2D eigenvalue weighted by molar-refractivity contribution is -0.116. The average Bonchev–Trinajstić information content (AvgIpc) is 2.31. The second-order valence-electron chi connectivity index (χ2n) is 1.80. The predicted octanol–water partition coefficient (Wildman–Crippen LogP) is 0.280. The van der Waals surface area contributed by atoms with Crippen molar-refractivity contribution in [1.82, 2.24) is 15.9 Å². The minimum Gasteiger partial charge on any atom is -0.416 e. The molecule has 11 heavy (non-hydrogen) atoms. The first kappa shape index (κ1) is 8.06. The van der Waals surface area contributed by atoms with Crippen molar-refractivity contribution >= 4 is 17.7 Å². The van der Waals surface area contributed by atoms with Crippen LogP contribution in [0.4, 0.5) is 0 Å². The van der Waals surface area contributed by atoms with Gasteiger partial charge in [0, 0.05) is 6.92 Å². The molecule has 0 saturated heterocycles. The molecule has 1 radical (unpaired) electrons. The number of aromatic nitrogens is 2. The molecule has 5 nitrogen and oxygen atoms in total. The molecule has 0 saturated carbocycles. The van der Waals surface area contributed by atoms with Crippen LogP contribution in [0.1, 0.15) is 5.89 Å². The maximum absolute atomic E-state index is 10.2. The number of thioether (sulfide) groups is 1. The molecule has 0 bridgehead atoms. The highest BCUT2D eigenvalue weighted by molar-refractivity contribution is 7.99. The van der Waals surface area contributed by atoms with E-state index in [9.17, 15) is 4.79 Å². The van der Waals surface area contributed by atoms with Crippen molar-refractivity contribution in [3.8, 4) is 0 Å². The average molecular weight is 172 g/mol. The third kappa shape index (κ3) is 2.58. The first-order valence-electron chi connectivity index (χ1n) is 2.86. The fourth-order valence-corrected chi connectivity index (χ4v) is 0.997. The summed E-state index contributed by atoms with van der Waals surface area (Å²) in [4.78, 5) is 10.2. The number of rotatable bonds is 3. The lowest BCUT2D eigenvalue weighted by Crippen LogP contribution is -2.00. The molecule has 0 aliphatic heterocycles. The van der Waals surface area contributed by atoms with Gasteiger partial charge in [0.1, 0.15) is 0 Å². The number of carbonyl (C=O) groups is 1. The lowest BCUT2D eigenvalue weighted by Gasteiger charge is -1.87. The summed E-state index contributed by atoms with van der Waals surface area (Å²) in [6.07, 6.45) is 0. The standard InChI is InChI=1S/C5H6N3O2S/c1-3-7-8-5(10-3)11-2-4(6)9/h6H,2H2,1H3. The Hall–Kier alpha value is -1.04. The summed E-state index contributed by atoms with van der Waals surface area (Å²) in [5, 5.41) is 7.52. The van der Waals surface area contributed by atoms with E-state index in [4.69, 9.17) is 10.2 Å². The van der Waals surface area contributed by atoms with Gasteiger partial charge in [-0.25, -0.2) is 0 Å². The number of nitrogens with zero attached hydrogens (tertiary/aromatic N) is 2. The molecular weight excluding hydrogens is 166 g/mol.